The van der Waals surface area contributed by atoms with Crippen molar-refractivity contribution in [2.75, 3.05) is 32.8 Å². The van der Waals surface area contributed by atoms with Gasteiger partial charge < -0.3 is 16.2 Å². The molecule has 0 radical (unpaired) electrons. The second-order valence-electron chi connectivity index (χ2n) is 2.67. The predicted octanol–water partition coefficient (Wildman–Crippen LogP) is -2.03. The van der Waals surface area contributed by atoms with Crippen molar-refractivity contribution in [1.29, 1.82) is 0 Å². The Kier molecular flexibility index (Phi) is 8.45. The lowest BCUT2D eigenvalue weighted by atomic mass is 10.4. The van der Waals surface area contributed by atoms with Crippen LogP contribution in [0.25, 0.3) is 0 Å². The van der Waals surface area contributed by atoms with Gasteiger partial charge in [0, 0.05) is 26.2 Å². The number of ether oxygens (including phenoxy) is 1. The first-order valence-corrected chi connectivity index (χ1v) is 4.79. The van der Waals surface area contributed by atoms with E-state index < -0.39 is 6.17 Å². The second-order valence-corrected chi connectivity index (χ2v) is 2.67. The zero-order valence-electron chi connectivity index (χ0n) is 8.58. The van der Waals surface area contributed by atoms with Crippen LogP contribution in [0.1, 0.15) is 6.92 Å². The van der Waals surface area contributed by atoms with E-state index >= 15 is 0 Å². The van der Waals surface area contributed by atoms with Crippen LogP contribution >= 0.6 is 0 Å². The molecule has 0 aromatic carbocycles. The lowest BCUT2D eigenvalue weighted by molar-refractivity contribution is -0.146. The Balaban J connectivity index is 3.88. The molecule has 0 aromatic heterocycles. The van der Waals surface area contributed by atoms with Gasteiger partial charge in [-0.15, -0.1) is 0 Å². The van der Waals surface area contributed by atoms with Gasteiger partial charge in [-0.25, -0.2) is 4.79 Å². The van der Waals surface area contributed by atoms with Gasteiger partial charge in [0.05, 0.1) is 6.61 Å². The van der Waals surface area contributed by atoms with Crippen LogP contribution in [0.3, 0.4) is 0 Å². The van der Waals surface area contributed by atoms with Crippen LogP contribution in [0.5, 0.6) is 0 Å². The first-order valence-electron chi connectivity index (χ1n) is 4.79. The molecule has 0 aliphatic heterocycles. The Morgan fingerprint density at radius 3 is 2.14 bits per heavy atom. The number of carbonyl (C=O) groups is 1. The van der Waals surface area contributed by atoms with Gasteiger partial charge in [-0.1, -0.05) is 0 Å². The fraction of sp³-hybridized carbons (Fsp3) is 0.875. The smallest absolute Gasteiger partial charge is 0.338 e. The lowest BCUT2D eigenvalue weighted by Gasteiger charge is -2.17. The third-order valence-electron chi connectivity index (χ3n) is 1.51. The molecule has 0 rings (SSSR count). The molecule has 0 saturated carbocycles. The van der Waals surface area contributed by atoms with Gasteiger partial charge in [-0.05, 0) is 6.92 Å². The quantitative estimate of drug-likeness (QED) is 0.269. The van der Waals surface area contributed by atoms with Crippen LogP contribution < -0.4 is 22.1 Å². The molecule has 0 aliphatic carbocycles. The van der Waals surface area contributed by atoms with Crippen molar-refractivity contribution in [2.24, 2.45) is 11.5 Å². The van der Waals surface area contributed by atoms with Gasteiger partial charge in [0.25, 0.3) is 0 Å². The molecule has 0 unspecified atom stereocenters. The number of rotatable bonds is 8. The number of esters is 1. The van der Waals surface area contributed by atoms with Crippen molar-refractivity contribution >= 4 is 5.97 Å². The van der Waals surface area contributed by atoms with Gasteiger partial charge in [-0.3, -0.25) is 10.6 Å². The maximum Gasteiger partial charge on any atom is 0.338 e. The van der Waals surface area contributed by atoms with E-state index in [0.29, 0.717) is 32.8 Å². The molecule has 0 aliphatic rings. The summed E-state index contributed by atoms with van der Waals surface area (Å²) in [4.78, 5) is 11.3. The van der Waals surface area contributed by atoms with E-state index in [1.165, 1.54) is 0 Å². The van der Waals surface area contributed by atoms with E-state index in [-0.39, 0.29) is 5.97 Å². The van der Waals surface area contributed by atoms with Crippen molar-refractivity contribution in [2.45, 2.75) is 13.1 Å². The Morgan fingerprint density at radius 1 is 1.29 bits per heavy atom. The number of hydrogen-bond acceptors (Lipinski definition) is 6. The Labute approximate surface area is 84.3 Å². The van der Waals surface area contributed by atoms with Crippen LogP contribution in [0.2, 0.25) is 0 Å². The van der Waals surface area contributed by atoms with E-state index in [4.69, 9.17) is 16.2 Å². The molecule has 0 heterocycles. The van der Waals surface area contributed by atoms with E-state index in [1.807, 2.05) is 0 Å². The highest BCUT2D eigenvalue weighted by molar-refractivity contribution is 5.75. The van der Waals surface area contributed by atoms with Gasteiger partial charge in [0.1, 0.15) is 0 Å². The molecule has 84 valence electrons. The Hall–Kier alpha value is -0.690. The van der Waals surface area contributed by atoms with Gasteiger partial charge in [0.15, 0.2) is 6.17 Å². The molecule has 6 N–H and O–H groups in total. The standard InChI is InChI=1S/C8H20N4O2/c1-2-14-8(13)7(11-5-3-9)12-6-4-10/h7,11-12H,2-6,9-10H2,1H3. The van der Waals surface area contributed by atoms with Crippen LogP contribution in [0.4, 0.5) is 0 Å². The molecular formula is C8H20N4O2. The molecule has 0 fully saturated rings. The molecule has 0 bridgehead atoms. The minimum Gasteiger partial charge on any atom is -0.464 e. The molecule has 14 heavy (non-hydrogen) atoms. The summed E-state index contributed by atoms with van der Waals surface area (Å²) < 4.78 is 4.85. The summed E-state index contributed by atoms with van der Waals surface area (Å²) in [5.41, 5.74) is 10.6. The molecule has 0 spiro atoms. The first-order chi connectivity index (χ1) is 6.76. The molecule has 0 amide bonds. The highest BCUT2D eigenvalue weighted by atomic mass is 16.5. The largest absolute Gasteiger partial charge is 0.464 e. The normalized spacial score (nSPS) is 10.6. The monoisotopic (exact) mass is 204 g/mol. The van der Waals surface area contributed by atoms with Crippen LogP contribution in [-0.4, -0.2) is 44.9 Å². The van der Waals surface area contributed by atoms with Gasteiger partial charge in [0.2, 0.25) is 0 Å². The van der Waals surface area contributed by atoms with Gasteiger partial charge >= 0.3 is 5.97 Å². The van der Waals surface area contributed by atoms with Crippen LogP contribution in [-0.2, 0) is 9.53 Å². The maximum atomic E-state index is 11.3. The average Bonchev–Trinajstić information content (AvgIpc) is 2.18. The summed E-state index contributed by atoms with van der Waals surface area (Å²) >= 11 is 0. The van der Waals surface area contributed by atoms with Crippen LogP contribution in [0, 0.1) is 0 Å². The minimum absolute atomic E-state index is 0.325. The van der Waals surface area contributed by atoms with Crippen molar-refractivity contribution in [3.63, 3.8) is 0 Å². The summed E-state index contributed by atoms with van der Waals surface area (Å²) in [6.07, 6.45) is -0.512. The summed E-state index contributed by atoms with van der Waals surface area (Å²) in [6, 6.07) is 0. The number of hydrogen-bond donors (Lipinski definition) is 4. The van der Waals surface area contributed by atoms with E-state index in [9.17, 15) is 4.79 Å². The summed E-state index contributed by atoms with van der Waals surface area (Å²) in [5.74, 6) is -0.325. The Bertz CT molecular complexity index is 146. The summed E-state index contributed by atoms with van der Waals surface area (Å²) in [6.45, 7) is 4.19. The molecular weight excluding hydrogens is 184 g/mol. The fourth-order valence-corrected chi connectivity index (χ4v) is 0.920. The minimum atomic E-state index is -0.512. The van der Waals surface area contributed by atoms with E-state index in [0.717, 1.165) is 0 Å². The predicted molar refractivity (Wildman–Crippen MR) is 54.5 cm³/mol. The first kappa shape index (κ1) is 13.3. The van der Waals surface area contributed by atoms with Crippen molar-refractivity contribution < 1.29 is 9.53 Å². The number of nitrogens with one attached hydrogen (secondary N) is 2. The summed E-state index contributed by atoms with van der Waals surface area (Å²) in [7, 11) is 0. The van der Waals surface area contributed by atoms with Gasteiger partial charge in [-0.2, -0.15) is 0 Å². The van der Waals surface area contributed by atoms with Crippen molar-refractivity contribution in [3.05, 3.63) is 0 Å². The zero-order valence-corrected chi connectivity index (χ0v) is 8.58. The fourth-order valence-electron chi connectivity index (χ4n) is 0.920. The molecule has 6 nitrogen and oxygen atoms in total. The van der Waals surface area contributed by atoms with Crippen molar-refractivity contribution in [1.82, 2.24) is 10.6 Å². The molecule has 6 heteroatoms. The number of carbonyl (C=O) groups excluding carboxylic acids is 1. The molecule has 0 atom stereocenters. The van der Waals surface area contributed by atoms with Crippen LogP contribution in [0.15, 0.2) is 0 Å². The lowest BCUT2D eigenvalue weighted by Crippen LogP contribution is -2.51. The highest BCUT2D eigenvalue weighted by Crippen LogP contribution is 1.84. The highest BCUT2D eigenvalue weighted by Gasteiger charge is 2.16. The zero-order chi connectivity index (χ0) is 10.8. The second kappa shape index (κ2) is 8.89. The average molecular weight is 204 g/mol. The third-order valence-corrected chi connectivity index (χ3v) is 1.51. The summed E-state index contributed by atoms with van der Waals surface area (Å²) in [5, 5.41) is 5.85. The van der Waals surface area contributed by atoms with Crippen molar-refractivity contribution in [3.8, 4) is 0 Å². The van der Waals surface area contributed by atoms with E-state index in [2.05, 4.69) is 10.6 Å². The van der Waals surface area contributed by atoms with E-state index in [1.54, 1.807) is 6.92 Å². The number of nitrogens with two attached hydrogens (primary N) is 2. The third kappa shape index (κ3) is 5.87. The SMILES string of the molecule is CCOC(=O)C(NCCN)NCCN. The molecule has 0 aromatic rings. The maximum absolute atomic E-state index is 11.3. The topological polar surface area (TPSA) is 102 Å². The molecule has 0 saturated heterocycles. The Morgan fingerprint density at radius 2 is 1.79 bits per heavy atom.